The van der Waals surface area contributed by atoms with Crippen LogP contribution in [0.4, 0.5) is 10.5 Å². The number of carboxylic acids is 2. The molecule has 1 heterocycles. The number of benzene rings is 1. The second kappa shape index (κ2) is 7.67. The maximum Gasteiger partial charge on any atom is 0.411 e. The third-order valence-electron chi connectivity index (χ3n) is 3.18. The number of aromatic carboxylic acids is 1. The summed E-state index contributed by atoms with van der Waals surface area (Å²) in [6, 6.07) is 6.75. The van der Waals surface area contributed by atoms with Crippen molar-refractivity contribution in [1.29, 1.82) is 0 Å². The molecule has 0 aliphatic rings. The summed E-state index contributed by atoms with van der Waals surface area (Å²) in [5.41, 5.74) is 1.64. The predicted molar refractivity (Wildman–Crippen MR) is 90.6 cm³/mol. The van der Waals surface area contributed by atoms with Crippen molar-refractivity contribution in [1.82, 2.24) is 0 Å². The van der Waals surface area contributed by atoms with Gasteiger partial charge in [-0.3, -0.25) is 5.32 Å². The molecule has 0 aliphatic carbocycles. The van der Waals surface area contributed by atoms with Crippen LogP contribution in [0, 0.1) is 6.92 Å². The van der Waals surface area contributed by atoms with E-state index in [1.807, 2.05) is 0 Å². The number of rotatable bonds is 6. The Labute approximate surface area is 146 Å². The second-order valence-electron chi connectivity index (χ2n) is 4.90. The van der Waals surface area contributed by atoms with Crippen LogP contribution in [0.3, 0.4) is 0 Å². The van der Waals surface area contributed by atoms with Crippen molar-refractivity contribution in [2.75, 3.05) is 19.0 Å². The number of methoxy groups -OCH3 is 1. The smallest absolute Gasteiger partial charge is 0.411 e. The van der Waals surface area contributed by atoms with Crippen LogP contribution in [0.15, 0.2) is 24.3 Å². The third kappa shape index (κ3) is 4.27. The SMILES string of the molecule is COC(=O)Nc1cccc(-c2sc(C(=O)O)c(OCC(=O)O)c2C)c1. The molecule has 1 amide bonds. The summed E-state index contributed by atoms with van der Waals surface area (Å²) in [6.45, 7) is 1.01. The molecule has 9 heteroatoms. The number of thiophene rings is 1. The fourth-order valence-electron chi connectivity index (χ4n) is 2.13. The zero-order valence-corrected chi connectivity index (χ0v) is 14.2. The summed E-state index contributed by atoms with van der Waals surface area (Å²) in [5.74, 6) is -2.38. The zero-order valence-electron chi connectivity index (χ0n) is 13.4. The highest BCUT2D eigenvalue weighted by Crippen LogP contribution is 2.41. The quantitative estimate of drug-likeness (QED) is 0.719. The van der Waals surface area contributed by atoms with Gasteiger partial charge in [0.2, 0.25) is 0 Å². The maximum absolute atomic E-state index is 11.4. The Morgan fingerprint density at radius 1 is 1.24 bits per heavy atom. The van der Waals surface area contributed by atoms with Gasteiger partial charge in [-0.15, -0.1) is 11.3 Å². The summed E-state index contributed by atoms with van der Waals surface area (Å²) in [4.78, 5) is 33.9. The van der Waals surface area contributed by atoms with E-state index in [-0.39, 0.29) is 10.6 Å². The Bertz CT molecular complexity index is 828. The van der Waals surface area contributed by atoms with Crippen molar-refractivity contribution in [3.05, 3.63) is 34.7 Å². The van der Waals surface area contributed by atoms with Gasteiger partial charge in [0.25, 0.3) is 0 Å². The van der Waals surface area contributed by atoms with Gasteiger partial charge in [0.1, 0.15) is 5.75 Å². The van der Waals surface area contributed by atoms with E-state index in [4.69, 9.17) is 9.84 Å². The normalized spacial score (nSPS) is 10.2. The minimum atomic E-state index is -1.21. The molecule has 25 heavy (non-hydrogen) atoms. The number of anilines is 1. The molecule has 2 rings (SSSR count). The van der Waals surface area contributed by atoms with Crippen molar-refractivity contribution >= 4 is 35.1 Å². The highest BCUT2D eigenvalue weighted by Gasteiger charge is 2.23. The van der Waals surface area contributed by atoms with Gasteiger partial charge in [-0.1, -0.05) is 12.1 Å². The predicted octanol–water partition coefficient (Wildman–Crippen LogP) is 3.06. The molecule has 132 valence electrons. The lowest BCUT2D eigenvalue weighted by atomic mass is 10.1. The van der Waals surface area contributed by atoms with Crippen LogP contribution in [0.5, 0.6) is 5.75 Å². The number of ether oxygens (including phenoxy) is 2. The number of hydrogen-bond acceptors (Lipinski definition) is 6. The summed E-state index contributed by atoms with van der Waals surface area (Å²) < 4.78 is 9.68. The monoisotopic (exact) mass is 365 g/mol. The largest absolute Gasteiger partial charge is 0.480 e. The van der Waals surface area contributed by atoms with Gasteiger partial charge in [-0.05, 0) is 24.6 Å². The Hall–Kier alpha value is -3.07. The first-order valence-electron chi connectivity index (χ1n) is 7.00. The second-order valence-corrected chi connectivity index (χ2v) is 5.92. The van der Waals surface area contributed by atoms with Gasteiger partial charge in [0, 0.05) is 16.1 Å². The van der Waals surface area contributed by atoms with E-state index in [0.717, 1.165) is 11.3 Å². The van der Waals surface area contributed by atoms with E-state index >= 15 is 0 Å². The Balaban J connectivity index is 2.43. The zero-order chi connectivity index (χ0) is 18.6. The minimum absolute atomic E-state index is 0.0289. The Kier molecular flexibility index (Phi) is 5.60. The molecular formula is C16H15NO7S. The maximum atomic E-state index is 11.4. The Morgan fingerprint density at radius 2 is 1.96 bits per heavy atom. The molecular weight excluding hydrogens is 350 g/mol. The fraction of sp³-hybridized carbons (Fsp3) is 0.188. The molecule has 0 fully saturated rings. The van der Waals surface area contributed by atoms with Crippen LogP contribution >= 0.6 is 11.3 Å². The standard InChI is InChI=1S/C16H15NO7S/c1-8-12(24-7-11(18)19)14(15(20)21)25-13(8)9-4-3-5-10(6-9)17-16(22)23-2/h3-6H,7H2,1-2H3,(H,17,22)(H,18,19)(H,20,21). The lowest BCUT2D eigenvalue weighted by molar-refractivity contribution is -0.139. The molecule has 0 bridgehead atoms. The highest BCUT2D eigenvalue weighted by molar-refractivity contribution is 7.18. The number of carboxylic acid groups (broad SMARTS) is 2. The first kappa shape index (κ1) is 18.3. The van der Waals surface area contributed by atoms with Crippen LogP contribution in [-0.2, 0) is 9.53 Å². The number of amides is 1. The molecule has 0 aliphatic heterocycles. The van der Waals surface area contributed by atoms with E-state index in [2.05, 4.69) is 10.1 Å². The number of carbonyl (C=O) groups is 3. The Morgan fingerprint density at radius 3 is 2.56 bits per heavy atom. The molecule has 0 spiro atoms. The van der Waals surface area contributed by atoms with Crippen molar-refractivity contribution in [2.45, 2.75) is 6.92 Å². The van der Waals surface area contributed by atoms with Crippen LogP contribution < -0.4 is 10.1 Å². The van der Waals surface area contributed by atoms with E-state index in [1.54, 1.807) is 31.2 Å². The minimum Gasteiger partial charge on any atom is -0.480 e. The van der Waals surface area contributed by atoms with Crippen LogP contribution in [0.1, 0.15) is 15.2 Å². The number of hydrogen-bond donors (Lipinski definition) is 3. The molecule has 0 atom stereocenters. The number of carbonyl (C=O) groups excluding carboxylic acids is 1. The lowest BCUT2D eigenvalue weighted by Gasteiger charge is -2.07. The fourth-order valence-corrected chi connectivity index (χ4v) is 3.22. The topological polar surface area (TPSA) is 122 Å². The van der Waals surface area contributed by atoms with Gasteiger partial charge >= 0.3 is 18.0 Å². The summed E-state index contributed by atoms with van der Waals surface area (Å²) in [6.07, 6.45) is -0.628. The first-order chi connectivity index (χ1) is 11.8. The van der Waals surface area contributed by atoms with Gasteiger partial charge < -0.3 is 19.7 Å². The average Bonchev–Trinajstić information content (AvgIpc) is 2.90. The molecule has 8 nitrogen and oxygen atoms in total. The van der Waals surface area contributed by atoms with Crippen molar-refractivity contribution in [3.8, 4) is 16.2 Å². The molecule has 0 saturated heterocycles. The first-order valence-corrected chi connectivity index (χ1v) is 7.81. The van der Waals surface area contributed by atoms with E-state index in [9.17, 15) is 19.5 Å². The molecule has 1 aromatic carbocycles. The molecule has 3 N–H and O–H groups in total. The summed E-state index contributed by atoms with van der Waals surface area (Å²) >= 11 is 0.971. The highest BCUT2D eigenvalue weighted by atomic mass is 32.1. The van der Waals surface area contributed by atoms with Crippen LogP contribution in [0.25, 0.3) is 10.4 Å². The van der Waals surface area contributed by atoms with Gasteiger partial charge in [0.15, 0.2) is 11.5 Å². The summed E-state index contributed by atoms with van der Waals surface area (Å²) in [5, 5.41) is 20.6. The van der Waals surface area contributed by atoms with Crippen LogP contribution in [-0.4, -0.2) is 42.0 Å². The third-order valence-corrected chi connectivity index (χ3v) is 4.49. The molecule has 0 saturated carbocycles. The van der Waals surface area contributed by atoms with Gasteiger partial charge in [0.05, 0.1) is 7.11 Å². The van der Waals surface area contributed by atoms with E-state index < -0.39 is 24.6 Å². The van der Waals surface area contributed by atoms with Crippen molar-refractivity contribution in [2.24, 2.45) is 0 Å². The molecule has 1 aromatic heterocycles. The molecule has 0 unspecified atom stereocenters. The van der Waals surface area contributed by atoms with E-state index in [0.29, 0.717) is 21.7 Å². The number of aliphatic carboxylic acids is 1. The van der Waals surface area contributed by atoms with Gasteiger partial charge in [-0.25, -0.2) is 14.4 Å². The van der Waals surface area contributed by atoms with Gasteiger partial charge in [-0.2, -0.15) is 0 Å². The molecule has 0 radical (unpaired) electrons. The van der Waals surface area contributed by atoms with Crippen LogP contribution in [0.2, 0.25) is 0 Å². The lowest BCUT2D eigenvalue weighted by Crippen LogP contribution is -2.11. The summed E-state index contributed by atoms with van der Waals surface area (Å²) in [7, 11) is 1.24. The average molecular weight is 365 g/mol. The van der Waals surface area contributed by atoms with Crippen molar-refractivity contribution < 1.29 is 34.1 Å². The van der Waals surface area contributed by atoms with Crippen molar-refractivity contribution in [3.63, 3.8) is 0 Å². The van der Waals surface area contributed by atoms with E-state index in [1.165, 1.54) is 7.11 Å². The number of nitrogens with one attached hydrogen (secondary N) is 1. The molecule has 2 aromatic rings.